The molecule has 0 aromatic carbocycles. The molecule has 0 fully saturated rings. The summed E-state index contributed by atoms with van der Waals surface area (Å²) in [4.78, 5) is 12.8. The Kier molecular flexibility index (Phi) is 2.84. The minimum atomic E-state index is -0.295. The summed E-state index contributed by atoms with van der Waals surface area (Å²) < 4.78 is 0. The second-order valence-corrected chi connectivity index (χ2v) is 4.29. The number of rotatable bonds is 3. The SMILES string of the molecule is CN(C)C(C)(C)C(C)(C)C=O. The summed E-state index contributed by atoms with van der Waals surface area (Å²) in [5.41, 5.74) is -0.384. The van der Waals surface area contributed by atoms with Crippen molar-refractivity contribution >= 4 is 6.29 Å². The Morgan fingerprint density at radius 1 is 1.09 bits per heavy atom. The Morgan fingerprint density at radius 3 is 1.55 bits per heavy atom. The summed E-state index contributed by atoms with van der Waals surface area (Å²) in [7, 11) is 3.98. The molecule has 0 heterocycles. The van der Waals surface area contributed by atoms with Crippen LogP contribution >= 0.6 is 0 Å². The van der Waals surface area contributed by atoms with Gasteiger partial charge in [-0.05, 0) is 27.9 Å². The predicted octanol–water partition coefficient (Wildman–Crippen LogP) is 1.55. The lowest BCUT2D eigenvalue weighted by atomic mass is 9.75. The van der Waals surface area contributed by atoms with Gasteiger partial charge >= 0.3 is 0 Å². The number of aldehydes is 1. The highest BCUT2D eigenvalue weighted by Crippen LogP contribution is 2.31. The van der Waals surface area contributed by atoms with E-state index < -0.39 is 0 Å². The number of carbonyl (C=O) groups is 1. The molecule has 0 bridgehead atoms. The van der Waals surface area contributed by atoms with Gasteiger partial charge in [-0.2, -0.15) is 0 Å². The van der Waals surface area contributed by atoms with E-state index in [9.17, 15) is 4.79 Å². The number of nitrogens with zero attached hydrogens (tertiary/aromatic N) is 1. The van der Waals surface area contributed by atoms with Gasteiger partial charge in [0.1, 0.15) is 6.29 Å². The molecule has 66 valence electrons. The van der Waals surface area contributed by atoms with Crippen LogP contribution in [0.1, 0.15) is 27.7 Å². The van der Waals surface area contributed by atoms with E-state index >= 15 is 0 Å². The minimum Gasteiger partial charge on any atom is -0.303 e. The average Bonchev–Trinajstić information content (AvgIpc) is 1.87. The molecule has 0 aromatic rings. The molecule has 0 aromatic heterocycles. The van der Waals surface area contributed by atoms with Gasteiger partial charge in [-0.3, -0.25) is 0 Å². The Labute approximate surface area is 69.6 Å². The Morgan fingerprint density at radius 2 is 1.45 bits per heavy atom. The van der Waals surface area contributed by atoms with Crippen molar-refractivity contribution < 1.29 is 4.79 Å². The first kappa shape index (κ1) is 10.6. The van der Waals surface area contributed by atoms with Crippen LogP contribution in [0.4, 0.5) is 0 Å². The van der Waals surface area contributed by atoms with E-state index in [2.05, 4.69) is 18.7 Å². The first-order valence-corrected chi connectivity index (χ1v) is 3.89. The lowest BCUT2D eigenvalue weighted by Gasteiger charge is -2.42. The van der Waals surface area contributed by atoms with Crippen molar-refractivity contribution in [3.63, 3.8) is 0 Å². The van der Waals surface area contributed by atoms with Crippen molar-refractivity contribution in [2.24, 2.45) is 5.41 Å². The molecule has 2 heteroatoms. The predicted molar refractivity (Wildman–Crippen MR) is 47.6 cm³/mol. The molecule has 11 heavy (non-hydrogen) atoms. The largest absolute Gasteiger partial charge is 0.303 e. The van der Waals surface area contributed by atoms with Crippen LogP contribution < -0.4 is 0 Å². The summed E-state index contributed by atoms with van der Waals surface area (Å²) in [6.45, 7) is 8.06. The van der Waals surface area contributed by atoms with E-state index in [-0.39, 0.29) is 11.0 Å². The third-order valence-electron chi connectivity index (χ3n) is 2.99. The van der Waals surface area contributed by atoms with Gasteiger partial charge in [-0.15, -0.1) is 0 Å². The van der Waals surface area contributed by atoms with Crippen LogP contribution in [0.25, 0.3) is 0 Å². The molecule has 0 radical (unpaired) electrons. The highest BCUT2D eigenvalue weighted by Gasteiger charge is 2.38. The number of carbonyl (C=O) groups excluding carboxylic acids is 1. The monoisotopic (exact) mass is 157 g/mol. The molecule has 0 saturated heterocycles. The van der Waals surface area contributed by atoms with Crippen LogP contribution in [0.3, 0.4) is 0 Å². The quantitative estimate of drug-likeness (QED) is 0.579. The minimum absolute atomic E-state index is 0.0885. The van der Waals surface area contributed by atoms with E-state index in [4.69, 9.17) is 0 Å². The molecule has 0 unspecified atom stereocenters. The molecular formula is C9H19NO. The summed E-state index contributed by atoms with van der Waals surface area (Å²) in [6, 6.07) is 0. The second-order valence-electron chi connectivity index (χ2n) is 4.29. The van der Waals surface area contributed by atoms with Crippen molar-refractivity contribution in [3.05, 3.63) is 0 Å². The molecule has 0 spiro atoms. The van der Waals surface area contributed by atoms with Crippen molar-refractivity contribution in [2.45, 2.75) is 33.2 Å². The summed E-state index contributed by atoms with van der Waals surface area (Å²) in [5.74, 6) is 0. The topological polar surface area (TPSA) is 20.3 Å². The van der Waals surface area contributed by atoms with Crippen LogP contribution in [-0.4, -0.2) is 30.8 Å². The molecule has 2 nitrogen and oxygen atoms in total. The van der Waals surface area contributed by atoms with Crippen molar-refractivity contribution in [1.82, 2.24) is 4.90 Å². The van der Waals surface area contributed by atoms with Gasteiger partial charge in [0.05, 0.1) is 0 Å². The highest BCUT2D eigenvalue weighted by atomic mass is 16.1. The number of hydrogen-bond acceptors (Lipinski definition) is 2. The van der Waals surface area contributed by atoms with Gasteiger partial charge in [-0.25, -0.2) is 0 Å². The molecule has 0 atom stereocenters. The zero-order valence-electron chi connectivity index (χ0n) is 8.43. The average molecular weight is 157 g/mol. The van der Waals surface area contributed by atoms with E-state index in [1.54, 1.807) is 0 Å². The van der Waals surface area contributed by atoms with Crippen LogP contribution in [0.5, 0.6) is 0 Å². The van der Waals surface area contributed by atoms with E-state index in [1.807, 2.05) is 27.9 Å². The summed E-state index contributed by atoms with van der Waals surface area (Å²) in [6.07, 6.45) is 1.02. The first-order valence-electron chi connectivity index (χ1n) is 3.89. The maximum Gasteiger partial charge on any atom is 0.127 e. The molecule has 0 aliphatic rings. The first-order chi connectivity index (χ1) is 4.75. The fourth-order valence-electron chi connectivity index (χ4n) is 0.721. The van der Waals surface area contributed by atoms with Crippen molar-refractivity contribution in [1.29, 1.82) is 0 Å². The van der Waals surface area contributed by atoms with E-state index in [0.717, 1.165) is 6.29 Å². The third-order valence-corrected chi connectivity index (χ3v) is 2.99. The lowest BCUT2D eigenvalue weighted by Crippen LogP contribution is -2.51. The van der Waals surface area contributed by atoms with Gasteiger partial charge in [0.15, 0.2) is 0 Å². The van der Waals surface area contributed by atoms with Gasteiger partial charge in [0, 0.05) is 11.0 Å². The van der Waals surface area contributed by atoms with Gasteiger partial charge < -0.3 is 9.69 Å². The van der Waals surface area contributed by atoms with Crippen LogP contribution in [0.15, 0.2) is 0 Å². The standard InChI is InChI=1S/C9H19NO/c1-8(2,7-11)9(3,4)10(5)6/h7H,1-6H3. The van der Waals surface area contributed by atoms with Crippen molar-refractivity contribution in [3.8, 4) is 0 Å². The van der Waals surface area contributed by atoms with Gasteiger partial charge in [0.25, 0.3) is 0 Å². The van der Waals surface area contributed by atoms with Gasteiger partial charge in [0.2, 0.25) is 0 Å². The zero-order valence-corrected chi connectivity index (χ0v) is 8.43. The molecule has 0 N–H and O–H groups in total. The van der Waals surface area contributed by atoms with E-state index in [1.165, 1.54) is 0 Å². The molecule has 0 aliphatic carbocycles. The van der Waals surface area contributed by atoms with Crippen molar-refractivity contribution in [2.75, 3.05) is 14.1 Å². The molecule has 0 aliphatic heterocycles. The Hall–Kier alpha value is -0.370. The van der Waals surface area contributed by atoms with Crippen LogP contribution in [0, 0.1) is 5.41 Å². The maximum atomic E-state index is 10.8. The number of hydrogen-bond donors (Lipinski definition) is 0. The highest BCUT2D eigenvalue weighted by molar-refractivity contribution is 5.60. The zero-order chi connectivity index (χ0) is 9.28. The lowest BCUT2D eigenvalue weighted by molar-refractivity contribution is -0.120. The Bertz CT molecular complexity index is 148. The normalized spacial score (nSPS) is 13.7. The molecule has 0 rings (SSSR count). The molecule has 0 saturated carbocycles. The smallest absolute Gasteiger partial charge is 0.127 e. The Balaban J connectivity index is 4.66. The summed E-state index contributed by atoms with van der Waals surface area (Å²) >= 11 is 0. The van der Waals surface area contributed by atoms with Crippen LogP contribution in [0.2, 0.25) is 0 Å². The molecule has 0 amide bonds. The third kappa shape index (κ3) is 1.80. The van der Waals surface area contributed by atoms with Crippen LogP contribution in [-0.2, 0) is 4.79 Å². The second kappa shape index (κ2) is 2.94. The summed E-state index contributed by atoms with van der Waals surface area (Å²) in [5, 5.41) is 0. The van der Waals surface area contributed by atoms with E-state index in [0.29, 0.717) is 0 Å². The van der Waals surface area contributed by atoms with Gasteiger partial charge in [-0.1, -0.05) is 13.8 Å². The maximum absolute atomic E-state index is 10.8. The fraction of sp³-hybridized carbons (Fsp3) is 0.889. The molecular weight excluding hydrogens is 138 g/mol. The fourth-order valence-corrected chi connectivity index (χ4v) is 0.721.